The molecule has 0 atom stereocenters. The summed E-state index contributed by atoms with van der Waals surface area (Å²) in [5.41, 5.74) is 22.2. The number of fused-ring (bicyclic) bond motifs is 13. The number of para-hydroxylation sites is 8. The van der Waals surface area contributed by atoms with E-state index < -0.39 is 0 Å². The van der Waals surface area contributed by atoms with Crippen LogP contribution in [0.5, 0.6) is 0 Å². The summed E-state index contributed by atoms with van der Waals surface area (Å²) in [4.78, 5) is 17.4. The highest BCUT2D eigenvalue weighted by atomic mass is 16.3. The maximum absolute atomic E-state index is 7.09. The Morgan fingerprint density at radius 3 is 0.990 bits per heavy atom. The van der Waals surface area contributed by atoms with Crippen molar-refractivity contribution in [2.45, 2.75) is 105 Å². The van der Waals surface area contributed by atoms with E-state index in [1.54, 1.807) is 0 Å². The summed E-state index contributed by atoms with van der Waals surface area (Å²) in [5.74, 6) is 1.78. The van der Waals surface area contributed by atoms with Crippen molar-refractivity contribution in [1.82, 2.24) is 28.7 Å². The molecule has 0 N–H and O–H groups in total. The molecule has 0 aliphatic rings. The van der Waals surface area contributed by atoms with E-state index >= 15 is 0 Å². The molecule has 0 saturated carbocycles. The summed E-state index contributed by atoms with van der Waals surface area (Å²) in [6.07, 6.45) is 0. The van der Waals surface area contributed by atoms with Gasteiger partial charge in [-0.25, -0.2) is 15.0 Å². The molecule has 7 heteroatoms. The summed E-state index contributed by atoms with van der Waals surface area (Å²) < 4.78 is 14.5. The minimum Gasteiger partial charge on any atom is -0.455 e. The van der Waals surface area contributed by atoms with Crippen molar-refractivity contribution in [2.75, 3.05) is 0 Å². The first kappa shape index (κ1) is 60.5. The number of benzene rings is 12. The number of nitrogens with zero attached hydrogens (tertiary/aromatic N) is 6. The van der Waals surface area contributed by atoms with Gasteiger partial charge in [0.15, 0.2) is 17.5 Å². The van der Waals surface area contributed by atoms with Crippen LogP contribution in [-0.2, 0) is 21.7 Å². The monoisotopic (exact) mass is 1270 g/mol. The molecule has 0 aliphatic carbocycles. The van der Waals surface area contributed by atoms with Gasteiger partial charge < -0.3 is 18.1 Å². The zero-order chi connectivity index (χ0) is 67.3. The second-order valence-electron chi connectivity index (χ2n) is 30.9. The van der Waals surface area contributed by atoms with Crippen LogP contribution in [0.15, 0.2) is 259 Å². The molecule has 0 amide bonds. The topological polar surface area (TPSA) is 66.6 Å². The predicted molar refractivity (Wildman–Crippen MR) is 412 cm³/mol. The van der Waals surface area contributed by atoms with Crippen molar-refractivity contribution < 1.29 is 4.42 Å². The second-order valence-corrected chi connectivity index (χ2v) is 30.9. The molecule has 5 aromatic heterocycles. The Morgan fingerprint density at radius 1 is 0.265 bits per heavy atom. The van der Waals surface area contributed by atoms with Gasteiger partial charge in [-0.15, -0.1) is 0 Å². The van der Waals surface area contributed by atoms with Gasteiger partial charge in [0.2, 0.25) is 0 Å². The van der Waals surface area contributed by atoms with Crippen LogP contribution in [0, 0.1) is 0 Å². The highest BCUT2D eigenvalue weighted by Crippen LogP contribution is 2.50. The van der Waals surface area contributed by atoms with Crippen molar-refractivity contribution in [3.8, 4) is 73.5 Å². The highest BCUT2D eigenvalue weighted by molar-refractivity contribution is 6.24. The maximum atomic E-state index is 7.09. The van der Waals surface area contributed by atoms with Gasteiger partial charge >= 0.3 is 0 Å². The highest BCUT2D eigenvalue weighted by Gasteiger charge is 2.31. The van der Waals surface area contributed by atoms with Gasteiger partial charge in [0.05, 0.1) is 55.5 Å². The van der Waals surface area contributed by atoms with E-state index in [4.69, 9.17) is 19.4 Å². The predicted octanol–water partition coefficient (Wildman–Crippen LogP) is 24.6. The molecule has 0 unspecified atom stereocenters. The molecule has 17 aromatic rings. The lowest BCUT2D eigenvalue weighted by atomic mass is 9.79. The van der Waals surface area contributed by atoms with E-state index in [1.165, 1.54) is 43.8 Å². The van der Waals surface area contributed by atoms with Crippen LogP contribution in [0.2, 0.25) is 0 Å². The smallest absolute Gasteiger partial charge is 0.164 e. The van der Waals surface area contributed by atoms with Crippen LogP contribution in [0.25, 0.3) is 161 Å². The average Bonchev–Trinajstić information content (AvgIpc) is 1.53. The molecule has 0 fully saturated rings. The zero-order valence-corrected chi connectivity index (χ0v) is 57.8. The third-order valence-electron chi connectivity index (χ3n) is 20.3. The molecule has 478 valence electrons. The van der Waals surface area contributed by atoms with Crippen LogP contribution in [0.3, 0.4) is 0 Å². The molecule has 0 saturated heterocycles. The molecule has 0 spiro atoms. The van der Waals surface area contributed by atoms with E-state index in [0.29, 0.717) is 17.5 Å². The van der Waals surface area contributed by atoms with E-state index in [-0.39, 0.29) is 21.7 Å². The van der Waals surface area contributed by atoms with Gasteiger partial charge in [-0.1, -0.05) is 241 Å². The Hall–Kier alpha value is -11.2. The fourth-order valence-corrected chi connectivity index (χ4v) is 15.1. The minimum atomic E-state index is -0.173. The molecule has 0 bridgehead atoms. The summed E-state index contributed by atoms with van der Waals surface area (Å²) in [5, 5.41) is 9.04. The first-order valence-corrected chi connectivity index (χ1v) is 34.4. The standard InChI is InChI=1S/C91H78N6O/c1-88(2,3)58-47-55(48-59(53-58)89(4,5)6)85-92-86(56-49-60(90(7,8)9)54-61(50-56)91(10,11)12)94-87(93-85)57-51-71(66-33-17-25-41-77(66)95-73-37-21-13-29-62(73)63-30-14-22-38-74(63)95)83(97-79-43-27-19-36-70(79)82-80(97)46-45-69-68-35-20-28-44-81(68)98-84(69)82)72(52-57)67-34-18-26-42-78(67)96-75-39-23-15-31-64(75)65-32-16-24-40-76(65)96/h13-54H,1-12H3. The molecule has 98 heavy (non-hydrogen) atoms. The average molecular weight is 1270 g/mol. The molecular weight excluding hydrogens is 1190 g/mol. The molecule has 5 heterocycles. The Morgan fingerprint density at radius 2 is 0.592 bits per heavy atom. The minimum absolute atomic E-state index is 0.173. The van der Waals surface area contributed by atoms with Crippen molar-refractivity contribution >= 4 is 87.4 Å². The normalized spacial score (nSPS) is 12.7. The maximum Gasteiger partial charge on any atom is 0.164 e. The Balaban J connectivity index is 1.07. The van der Waals surface area contributed by atoms with Gasteiger partial charge in [-0.05, 0) is 141 Å². The number of hydrogen-bond acceptors (Lipinski definition) is 4. The number of hydrogen-bond donors (Lipinski definition) is 0. The molecule has 7 nitrogen and oxygen atoms in total. The number of furan rings is 1. The van der Waals surface area contributed by atoms with Crippen LogP contribution in [-0.4, -0.2) is 28.7 Å². The Labute approximate surface area is 572 Å². The van der Waals surface area contributed by atoms with E-state index in [1.807, 2.05) is 0 Å². The fourth-order valence-electron chi connectivity index (χ4n) is 15.1. The Kier molecular flexibility index (Phi) is 13.7. The SMILES string of the molecule is CC(C)(C)c1cc(-c2nc(-c3cc(C(C)(C)C)cc(C(C)(C)C)c3)nc(-c3cc(-c4ccccc4-n4c5ccccc5c5ccccc54)c(-n4c5ccccc5c5c6oc7ccccc7c6ccc54)c(-c4ccccc4-n4c5ccccc5c5ccccc54)c3)n2)cc(C(C)(C)C)c1. The van der Waals surface area contributed by atoms with Crippen LogP contribution >= 0.6 is 0 Å². The van der Waals surface area contributed by atoms with Crippen molar-refractivity contribution in [3.05, 3.63) is 277 Å². The summed E-state index contributed by atoms with van der Waals surface area (Å²) in [6, 6.07) is 93.9. The molecule has 0 aliphatic heterocycles. The van der Waals surface area contributed by atoms with Crippen LogP contribution in [0.4, 0.5) is 0 Å². The quantitative estimate of drug-likeness (QED) is 0.152. The molecule has 12 aromatic carbocycles. The first-order valence-electron chi connectivity index (χ1n) is 34.4. The molecular formula is C91H78N6O. The summed E-state index contributed by atoms with van der Waals surface area (Å²) in [7, 11) is 0. The summed E-state index contributed by atoms with van der Waals surface area (Å²) in [6.45, 7) is 27.6. The van der Waals surface area contributed by atoms with Crippen LogP contribution < -0.4 is 0 Å². The van der Waals surface area contributed by atoms with Crippen LogP contribution in [0.1, 0.15) is 105 Å². The van der Waals surface area contributed by atoms with Gasteiger partial charge in [0, 0.05) is 76.6 Å². The lowest BCUT2D eigenvalue weighted by molar-refractivity contribution is 0.568. The van der Waals surface area contributed by atoms with Gasteiger partial charge in [0.25, 0.3) is 0 Å². The third kappa shape index (κ3) is 9.87. The van der Waals surface area contributed by atoms with Crippen molar-refractivity contribution in [3.63, 3.8) is 0 Å². The van der Waals surface area contributed by atoms with E-state index in [9.17, 15) is 0 Å². The summed E-state index contributed by atoms with van der Waals surface area (Å²) >= 11 is 0. The molecule has 17 rings (SSSR count). The van der Waals surface area contributed by atoms with Gasteiger partial charge in [0.1, 0.15) is 11.2 Å². The fraction of sp³-hybridized carbons (Fsp3) is 0.176. The van der Waals surface area contributed by atoms with E-state index in [0.717, 1.165) is 122 Å². The van der Waals surface area contributed by atoms with Gasteiger partial charge in [-0.3, -0.25) is 0 Å². The van der Waals surface area contributed by atoms with Crippen molar-refractivity contribution in [2.24, 2.45) is 0 Å². The first-order chi connectivity index (χ1) is 47.1. The van der Waals surface area contributed by atoms with Crippen molar-refractivity contribution in [1.29, 1.82) is 0 Å². The van der Waals surface area contributed by atoms with E-state index in [2.05, 4.69) is 352 Å². The lowest BCUT2D eigenvalue weighted by Gasteiger charge is -2.27. The number of rotatable bonds is 8. The lowest BCUT2D eigenvalue weighted by Crippen LogP contribution is -2.17. The molecule has 0 radical (unpaired) electrons. The zero-order valence-electron chi connectivity index (χ0n) is 57.8. The third-order valence-corrected chi connectivity index (χ3v) is 20.3. The van der Waals surface area contributed by atoms with Gasteiger partial charge in [-0.2, -0.15) is 0 Å². The Bertz CT molecular complexity index is 5670. The largest absolute Gasteiger partial charge is 0.455 e. The number of aromatic nitrogens is 6. The second kappa shape index (κ2) is 22.2.